The first-order chi connectivity index (χ1) is 8.97. The predicted molar refractivity (Wildman–Crippen MR) is 72.4 cm³/mol. The fourth-order valence-corrected chi connectivity index (χ4v) is 2.31. The van der Waals surface area contributed by atoms with Gasteiger partial charge in [0.25, 0.3) is 10.0 Å². The Balaban J connectivity index is 2.26. The molecule has 0 saturated heterocycles. The zero-order valence-electron chi connectivity index (χ0n) is 10.2. The third-order valence-electron chi connectivity index (χ3n) is 2.53. The number of sulfonamides is 1. The molecule has 0 unspecified atom stereocenters. The number of rotatable bonds is 3. The zero-order chi connectivity index (χ0) is 13.9. The number of hydrogen-bond acceptors (Lipinski definition) is 2. The molecule has 2 aromatic carbocycles. The van der Waals surface area contributed by atoms with Crippen molar-refractivity contribution in [1.82, 2.24) is 0 Å². The highest BCUT2D eigenvalue weighted by Gasteiger charge is 2.11. The molecule has 0 aliphatic carbocycles. The van der Waals surface area contributed by atoms with Crippen molar-refractivity contribution in [3.63, 3.8) is 0 Å². The molecule has 0 N–H and O–H groups in total. The average Bonchev–Trinajstić information content (AvgIpc) is 2.39. The van der Waals surface area contributed by atoms with Crippen LogP contribution in [0.25, 0.3) is 0 Å². The second-order valence-corrected chi connectivity index (χ2v) is 5.71. The lowest BCUT2D eigenvalue weighted by atomic mass is 10.2. The van der Waals surface area contributed by atoms with Crippen molar-refractivity contribution in [2.75, 3.05) is 0 Å². The standard InChI is InChI=1S/C14H12FNO2S/c1-11-2-4-12(5-3-11)10-16-19(17,18)14-8-6-13(15)7-9-14/h2-10H,1H3/b16-10+. The van der Waals surface area contributed by atoms with Gasteiger partial charge in [-0.3, -0.25) is 0 Å². The maximum Gasteiger partial charge on any atom is 0.282 e. The fraction of sp³-hybridized carbons (Fsp3) is 0.0714. The van der Waals surface area contributed by atoms with Gasteiger partial charge >= 0.3 is 0 Å². The lowest BCUT2D eigenvalue weighted by Gasteiger charge is -1.98. The Morgan fingerprint density at radius 1 is 1.00 bits per heavy atom. The first-order valence-electron chi connectivity index (χ1n) is 5.60. The summed E-state index contributed by atoms with van der Waals surface area (Å²) in [6, 6.07) is 11.9. The van der Waals surface area contributed by atoms with Crippen LogP contribution in [0.2, 0.25) is 0 Å². The Kier molecular flexibility index (Phi) is 3.76. The van der Waals surface area contributed by atoms with E-state index in [9.17, 15) is 12.8 Å². The minimum absolute atomic E-state index is 0.0303. The summed E-state index contributed by atoms with van der Waals surface area (Å²) in [5.74, 6) is -0.485. The van der Waals surface area contributed by atoms with Gasteiger partial charge in [0.05, 0.1) is 4.90 Å². The highest BCUT2D eigenvalue weighted by atomic mass is 32.2. The van der Waals surface area contributed by atoms with Crippen LogP contribution >= 0.6 is 0 Å². The van der Waals surface area contributed by atoms with Gasteiger partial charge in [-0.05, 0) is 36.8 Å². The molecule has 0 radical (unpaired) electrons. The Morgan fingerprint density at radius 3 is 2.16 bits per heavy atom. The molecule has 0 aliphatic rings. The van der Waals surface area contributed by atoms with Crippen LogP contribution in [0.1, 0.15) is 11.1 Å². The third kappa shape index (κ3) is 3.48. The summed E-state index contributed by atoms with van der Waals surface area (Å²) in [7, 11) is -3.78. The number of hydrogen-bond donors (Lipinski definition) is 0. The number of nitrogens with zero attached hydrogens (tertiary/aromatic N) is 1. The minimum Gasteiger partial charge on any atom is -0.207 e. The molecule has 2 rings (SSSR count). The maximum absolute atomic E-state index is 12.7. The van der Waals surface area contributed by atoms with Gasteiger partial charge in [0.15, 0.2) is 0 Å². The summed E-state index contributed by atoms with van der Waals surface area (Å²) in [4.78, 5) is -0.0303. The molecule has 0 spiro atoms. The maximum atomic E-state index is 12.7. The minimum atomic E-state index is -3.78. The first kappa shape index (κ1) is 13.4. The molecule has 0 aromatic heterocycles. The van der Waals surface area contributed by atoms with Crippen molar-refractivity contribution in [2.45, 2.75) is 11.8 Å². The quantitative estimate of drug-likeness (QED) is 0.810. The number of halogens is 1. The van der Waals surface area contributed by atoms with Gasteiger partial charge in [0.2, 0.25) is 0 Å². The van der Waals surface area contributed by atoms with E-state index < -0.39 is 15.8 Å². The molecule has 0 heterocycles. The molecule has 0 saturated carbocycles. The van der Waals surface area contributed by atoms with Crippen LogP contribution < -0.4 is 0 Å². The van der Waals surface area contributed by atoms with E-state index in [0.29, 0.717) is 5.56 Å². The lowest BCUT2D eigenvalue weighted by molar-refractivity contribution is 0.597. The van der Waals surface area contributed by atoms with E-state index in [1.165, 1.54) is 18.3 Å². The molecular formula is C14H12FNO2S. The molecular weight excluding hydrogens is 265 g/mol. The monoisotopic (exact) mass is 277 g/mol. The van der Waals surface area contributed by atoms with Crippen molar-refractivity contribution >= 4 is 16.2 Å². The van der Waals surface area contributed by atoms with Crippen LogP contribution in [-0.2, 0) is 10.0 Å². The smallest absolute Gasteiger partial charge is 0.207 e. The molecule has 98 valence electrons. The summed E-state index contributed by atoms with van der Waals surface area (Å²) >= 11 is 0. The molecule has 0 bridgehead atoms. The molecule has 0 aliphatic heterocycles. The summed E-state index contributed by atoms with van der Waals surface area (Å²) in [5.41, 5.74) is 1.77. The molecule has 0 amide bonds. The van der Waals surface area contributed by atoms with Crippen LogP contribution in [0.15, 0.2) is 57.8 Å². The van der Waals surface area contributed by atoms with E-state index in [-0.39, 0.29) is 4.90 Å². The van der Waals surface area contributed by atoms with Gasteiger partial charge in [-0.15, -0.1) is 0 Å². The van der Waals surface area contributed by atoms with Crippen molar-refractivity contribution in [2.24, 2.45) is 4.40 Å². The van der Waals surface area contributed by atoms with Gasteiger partial charge in [0, 0.05) is 6.21 Å². The molecule has 2 aromatic rings. The summed E-state index contributed by atoms with van der Waals surface area (Å²) in [5, 5.41) is 0. The van der Waals surface area contributed by atoms with Crippen molar-refractivity contribution < 1.29 is 12.8 Å². The Hall–Kier alpha value is -2.01. The van der Waals surface area contributed by atoms with Gasteiger partial charge < -0.3 is 0 Å². The van der Waals surface area contributed by atoms with E-state index in [1.807, 2.05) is 19.1 Å². The molecule has 0 atom stereocenters. The SMILES string of the molecule is Cc1ccc(/C=N/S(=O)(=O)c2ccc(F)cc2)cc1. The van der Waals surface area contributed by atoms with Gasteiger partial charge in [-0.1, -0.05) is 29.8 Å². The predicted octanol–water partition coefficient (Wildman–Crippen LogP) is 2.94. The van der Waals surface area contributed by atoms with E-state index in [2.05, 4.69) is 4.40 Å². The van der Waals surface area contributed by atoms with Gasteiger partial charge in [-0.25, -0.2) is 4.39 Å². The largest absolute Gasteiger partial charge is 0.282 e. The van der Waals surface area contributed by atoms with Gasteiger partial charge in [0.1, 0.15) is 5.82 Å². The highest BCUT2D eigenvalue weighted by Crippen LogP contribution is 2.13. The van der Waals surface area contributed by atoms with Crippen LogP contribution in [-0.4, -0.2) is 14.6 Å². The third-order valence-corrected chi connectivity index (χ3v) is 3.78. The molecule has 0 fully saturated rings. The van der Waals surface area contributed by atoms with Gasteiger partial charge in [-0.2, -0.15) is 12.8 Å². The molecule has 5 heteroatoms. The normalized spacial score (nSPS) is 11.9. The van der Waals surface area contributed by atoms with E-state index in [0.717, 1.165) is 17.7 Å². The first-order valence-corrected chi connectivity index (χ1v) is 7.04. The second kappa shape index (κ2) is 5.32. The van der Waals surface area contributed by atoms with Crippen LogP contribution in [0.5, 0.6) is 0 Å². The van der Waals surface area contributed by atoms with Crippen LogP contribution in [0, 0.1) is 12.7 Å². The number of aryl methyl sites for hydroxylation is 1. The zero-order valence-corrected chi connectivity index (χ0v) is 11.1. The Morgan fingerprint density at radius 2 is 1.58 bits per heavy atom. The average molecular weight is 277 g/mol. The lowest BCUT2D eigenvalue weighted by Crippen LogP contribution is -1.97. The van der Waals surface area contributed by atoms with Crippen LogP contribution in [0.3, 0.4) is 0 Å². The summed E-state index contributed by atoms with van der Waals surface area (Å²) < 4.78 is 40.0. The summed E-state index contributed by atoms with van der Waals surface area (Å²) in [6.45, 7) is 1.94. The van der Waals surface area contributed by atoms with Crippen LogP contribution in [0.4, 0.5) is 4.39 Å². The van der Waals surface area contributed by atoms with Crippen molar-refractivity contribution in [3.8, 4) is 0 Å². The topological polar surface area (TPSA) is 46.5 Å². The number of benzene rings is 2. The van der Waals surface area contributed by atoms with Crippen molar-refractivity contribution in [1.29, 1.82) is 0 Å². The summed E-state index contributed by atoms with van der Waals surface area (Å²) in [6.07, 6.45) is 1.28. The van der Waals surface area contributed by atoms with Crippen molar-refractivity contribution in [3.05, 3.63) is 65.5 Å². The molecule has 19 heavy (non-hydrogen) atoms. The Bertz CT molecular complexity index is 689. The molecule has 3 nitrogen and oxygen atoms in total. The highest BCUT2D eigenvalue weighted by molar-refractivity contribution is 7.90. The van der Waals surface area contributed by atoms with E-state index in [1.54, 1.807) is 12.1 Å². The van der Waals surface area contributed by atoms with E-state index in [4.69, 9.17) is 0 Å². The van der Waals surface area contributed by atoms with E-state index >= 15 is 0 Å². The fourth-order valence-electron chi connectivity index (χ4n) is 1.45. The second-order valence-electron chi connectivity index (χ2n) is 4.07. The Labute approximate surface area is 111 Å².